The van der Waals surface area contributed by atoms with Gasteiger partial charge >= 0.3 is 0 Å². The van der Waals surface area contributed by atoms with Crippen LogP contribution in [0.4, 0.5) is 0 Å². The van der Waals surface area contributed by atoms with Gasteiger partial charge in [-0.05, 0) is 42.9 Å². The number of ether oxygens (including phenoxy) is 1. The van der Waals surface area contributed by atoms with Crippen molar-refractivity contribution in [3.8, 4) is 5.75 Å². The molecule has 0 unspecified atom stereocenters. The van der Waals surface area contributed by atoms with E-state index in [4.69, 9.17) is 4.74 Å². The first-order chi connectivity index (χ1) is 9.90. The number of benzene rings is 2. The highest BCUT2D eigenvalue weighted by atomic mass is 79.9. The van der Waals surface area contributed by atoms with Crippen molar-refractivity contribution in [2.75, 3.05) is 11.9 Å². The molecule has 0 aromatic heterocycles. The van der Waals surface area contributed by atoms with Crippen molar-refractivity contribution in [1.82, 2.24) is 0 Å². The molecule has 0 saturated carbocycles. The largest absolute Gasteiger partial charge is 0.493 e. The smallest absolute Gasteiger partial charge is 0.122 e. The van der Waals surface area contributed by atoms with Crippen LogP contribution in [-0.4, -0.2) is 11.9 Å². The Kier molecular flexibility index (Phi) is 6.65. The number of rotatable bonds is 8. The fourth-order valence-electron chi connectivity index (χ4n) is 2.15. The van der Waals surface area contributed by atoms with Gasteiger partial charge in [-0.3, -0.25) is 0 Å². The van der Waals surface area contributed by atoms with Crippen molar-refractivity contribution in [3.63, 3.8) is 0 Å². The van der Waals surface area contributed by atoms with Crippen LogP contribution in [-0.2, 0) is 12.8 Å². The molecule has 2 rings (SSSR count). The molecule has 0 saturated heterocycles. The second-order valence-electron chi connectivity index (χ2n) is 4.84. The third kappa shape index (κ3) is 5.01. The highest BCUT2D eigenvalue weighted by molar-refractivity contribution is 9.09. The van der Waals surface area contributed by atoms with E-state index in [-0.39, 0.29) is 0 Å². The third-order valence-electron chi connectivity index (χ3n) is 3.28. The van der Waals surface area contributed by atoms with Gasteiger partial charge < -0.3 is 4.74 Å². The van der Waals surface area contributed by atoms with Gasteiger partial charge in [0.15, 0.2) is 0 Å². The van der Waals surface area contributed by atoms with Gasteiger partial charge in [-0.25, -0.2) is 0 Å². The molecule has 0 heterocycles. The van der Waals surface area contributed by atoms with E-state index in [2.05, 4.69) is 64.5 Å². The first kappa shape index (κ1) is 15.1. The van der Waals surface area contributed by atoms with Crippen molar-refractivity contribution >= 4 is 15.9 Å². The first-order valence-electron chi connectivity index (χ1n) is 7.21. The Labute approximate surface area is 130 Å². The summed E-state index contributed by atoms with van der Waals surface area (Å²) in [6, 6.07) is 19.0. The normalized spacial score (nSPS) is 10.4. The van der Waals surface area contributed by atoms with Crippen molar-refractivity contribution in [2.24, 2.45) is 0 Å². The lowest BCUT2D eigenvalue weighted by Gasteiger charge is -2.11. The Morgan fingerprint density at radius 3 is 2.35 bits per heavy atom. The fourth-order valence-corrected chi connectivity index (χ4v) is 2.55. The molecule has 2 aromatic carbocycles. The van der Waals surface area contributed by atoms with Crippen LogP contribution >= 0.6 is 15.9 Å². The SMILES string of the molecule is BrCCCCOc1ccccc1CCc1ccccc1. The molecular weight excluding hydrogens is 312 g/mol. The molecular formula is C18H21BrO. The lowest BCUT2D eigenvalue weighted by Crippen LogP contribution is -2.01. The second-order valence-corrected chi connectivity index (χ2v) is 5.63. The van der Waals surface area contributed by atoms with Gasteiger partial charge in [0.25, 0.3) is 0 Å². The number of hydrogen-bond acceptors (Lipinski definition) is 1. The van der Waals surface area contributed by atoms with Gasteiger partial charge in [0.1, 0.15) is 5.75 Å². The highest BCUT2D eigenvalue weighted by Gasteiger charge is 2.03. The van der Waals surface area contributed by atoms with Crippen LogP contribution in [0.5, 0.6) is 5.75 Å². The Hall–Kier alpha value is -1.28. The van der Waals surface area contributed by atoms with Crippen molar-refractivity contribution in [3.05, 3.63) is 65.7 Å². The van der Waals surface area contributed by atoms with Gasteiger partial charge in [0, 0.05) is 5.33 Å². The number of aryl methyl sites for hydroxylation is 2. The topological polar surface area (TPSA) is 9.23 Å². The average Bonchev–Trinajstić information content (AvgIpc) is 2.51. The van der Waals surface area contributed by atoms with Crippen LogP contribution in [0.1, 0.15) is 24.0 Å². The summed E-state index contributed by atoms with van der Waals surface area (Å²) in [5.41, 5.74) is 2.68. The monoisotopic (exact) mass is 332 g/mol. The van der Waals surface area contributed by atoms with E-state index in [0.717, 1.165) is 43.4 Å². The summed E-state index contributed by atoms with van der Waals surface area (Å²) >= 11 is 3.45. The summed E-state index contributed by atoms with van der Waals surface area (Å²) in [6.07, 6.45) is 4.34. The minimum atomic E-state index is 0.800. The van der Waals surface area contributed by atoms with Gasteiger partial charge in [-0.1, -0.05) is 64.5 Å². The maximum absolute atomic E-state index is 5.91. The van der Waals surface area contributed by atoms with Crippen LogP contribution in [0.3, 0.4) is 0 Å². The minimum absolute atomic E-state index is 0.800. The summed E-state index contributed by atoms with van der Waals surface area (Å²) in [5, 5.41) is 1.05. The lowest BCUT2D eigenvalue weighted by molar-refractivity contribution is 0.307. The molecule has 0 N–H and O–H groups in total. The predicted octanol–water partition coefficient (Wildman–Crippen LogP) is 5.03. The maximum atomic E-state index is 5.91. The van der Waals surface area contributed by atoms with Crippen LogP contribution in [0.2, 0.25) is 0 Å². The molecule has 0 aliphatic carbocycles. The first-order valence-corrected chi connectivity index (χ1v) is 8.33. The molecule has 0 fully saturated rings. The van der Waals surface area contributed by atoms with Crippen LogP contribution in [0, 0.1) is 0 Å². The standard InChI is InChI=1S/C18H21BrO/c19-14-6-7-15-20-18-11-5-4-10-17(18)13-12-16-8-2-1-3-9-16/h1-5,8-11H,6-7,12-15H2. The molecule has 0 aliphatic rings. The molecule has 0 radical (unpaired) electrons. The maximum Gasteiger partial charge on any atom is 0.122 e. The van der Waals surface area contributed by atoms with E-state index in [1.807, 2.05) is 6.07 Å². The van der Waals surface area contributed by atoms with E-state index in [0.29, 0.717) is 0 Å². The number of unbranched alkanes of at least 4 members (excludes halogenated alkanes) is 1. The minimum Gasteiger partial charge on any atom is -0.493 e. The number of hydrogen-bond donors (Lipinski definition) is 0. The molecule has 2 aromatic rings. The van der Waals surface area contributed by atoms with Crippen LogP contribution in [0.25, 0.3) is 0 Å². The molecule has 0 atom stereocenters. The summed E-state index contributed by atoms with van der Waals surface area (Å²) in [5.74, 6) is 1.04. The molecule has 106 valence electrons. The average molecular weight is 333 g/mol. The molecule has 0 aliphatic heterocycles. The Morgan fingerprint density at radius 1 is 0.800 bits per heavy atom. The molecule has 2 heteroatoms. The molecule has 0 spiro atoms. The predicted molar refractivity (Wildman–Crippen MR) is 88.8 cm³/mol. The molecule has 20 heavy (non-hydrogen) atoms. The summed E-state index contributed by atoms with van der Waals surface area (Å²) in [4.78, 5) is 0. The fraction of sp³-hybridized carbons (Fsp3) is 0.333. The summed E-state index contributed by atoms with van der Waals surface area (Å²) < 4.78 is 5.91. The zero-order valence-corrected chi connectivity index (χ0v) is 13.3. The van der Waals surface area contributed by atoms with E-state index >= 15 is 0 Å². The molecule has 0 amide bonds. The van der Waals surface area contributed by atoms with Gasteiger partial charge in [0.05, 0.1) is 6.61 Å². The van der Waals surface area contributed by atoms with Crippen molar-refractivity contribution < 1.29 is 4.74 Å². The van der Waals surface area contributed by atoms with Gasteiger partial charge in [0.2, 0.25) is 0 Å². The van der Waals surface area contributed by atoms with Crippen LogP contribution in [0.15, 0.2) is 54.6 Å². The van der Waals surface area contributed by atoms with Crippen molar-refractivity contribution in [1.29, 1.82) is 0 Å². The Bertz CT molecular complexity index is 496. The van der Waals surface area contributed by atoms with E-state index < -0.39 is 0 Å². The zero-order chi connectivity index (χ0) is 14.0. The Balaban J connectivity index is 1.90. The Morgan fingerprint density at radius 2 is 1.55 bits per heavy atom. The summed E-state index contributed by atoms with van der Waals surface area (Å²) in [6.45, 7) is 0.800. The van der Waals surface area contributed by atoms with E-state index in [1.54, 1.807) is 0 Å². The van der Waals surface area contributed by atoms with E-state index in [1.165, 1.54) is 11.1 Å². The van der Waals surface area contributed by atoms with Gasteiger partial charge in [-0.15, -0.1) is 0 Å². The second kappa shape index (κ2) is 8.80. The number of halogens is 1. The number of alkyl halides is 1. The lowest BCUT2D eigenvalue weighted by atomic mass is 10.0. The third-order valence-corrected chi connectivity index (χ3v) is 3.84. The summed E-state index contributed by atoms with van der Waals surface area (Å²) in [7, 11) is 0. The van der Waals surface area contributed by atoms with Crippen LogP contribution < -0.4 is 4.74 Å². The van der Waals surface area contributed by atoms with Gasteiger partial charge in [-0.2, -0.15) is 0 Å². The highest BCUT2D eigenvalue weighted by Crippen LogP contribution is 2.20. The van der Waals surface area contributed by atoms with Crippen molar-refractivity contribution in [2.45, 2.75) is 25.7 Å². The zero-order valence-electron chi connectivity index (χ0n) is 11.7. The molecule has 0 bridgehead atoms. The number of para-hydroxylation sites is 1. The molecule has 1 nitrogen and oxygen atoms in total. The van der Waals surface area contributed by atoms with E-state index in [9.17, 15) is 0 Å². The quantitative estimate of drug-likeness (QED) is 0.486.